The molecule has 2 N–H and O–H groups in total. The van der Waals surface area contributed by atoms with E-state index in [1.54, 1.807) is 38.3 Å². The Morgan fingerprint density at radius 2 is 1.92 bits per heavy atom. The van der Waals surface area contributed by atoms with Crippen molar-refractivity contribution in [2.45, 2.75) is 48.4 Å². The molecule has 10 heteroatoms. The summed E-state index contributed by atoms with van der Waals surface area (Å²) >= 11 is 3.64. The molecule has 2 aromatic rings. The predicted molar refractivity (Wildman–Crippen MR) is 142 cm³/mol. The van der Waals surface area contributed by atoms with E-state index in [0.29, 0.717) is 24.3 Å². The number of ether oxygens (including phenoxy) is 3. The lowest BCUT2D eigenvalue weighted by molar-refractivity contribution is -0.155. The smallest absolute Gasteiger partial charge is 0.312 e. The first kappa shape index (κ1) is 26.6. The van der Waals surface area contributed by atoms with E-state index in [0.717, 1.165) is 5.56 Å². The van der Waals surface area contributed by atoms with Gasteiger partial charge in [-0.1, -0.05) is 46.3 Å². The van der Waals surface area contributed by atoms with Crippen LogP contribution in [0.15, 0.2) is 54.6 Å². The zero-order valence-electron chi connectivity index (χ0n) is 21.2. The molecule has 2 aromatic carbocycles. The molecule has 3 fully saturated rings. The third-order valence-corrected chi connectivity index (χ3v) is 8.65. The average molecular weight is 587 g/mol. The lowest BCUT2D eigenvalue weighted by Gasteiger charge is -2.37. The fourth-order valence-electron chi connectivity index (χ4n) is 6.29. The molecular formula is C28H31BrN2O7. The van der Waals surface area contributed by atoms with E-state index >= 15 is 0 Å². The fourth-order valence-corrected chi connectivity index (χ4v) is 7.23. The average Bonchev–Trinajstić information content (AvgIpc) is 3.51. The number of carbonyl (C=O) groups excluding carboxylic acids is 3. The summed E-state index contributed by atoms with van der Waals surface area (Å²) in [7, 11) is 1.56. The second-order valence-electron chi connectivity index (χ2n) is 9.90. The van der Waals surface area contributed by atoms with Crippen LogP contribution in [0.5, 0.6) is 5.75 Å². The summed E-state index contributed by atoms with van der Waals surface area (Å²) in [6, 6.07) is 14.6. The molecule has 3 unspecified atom stereocenters. The molecule has 7 atom stereocenters. The summed E-state index contributed by atoms with van der Waals surface area (Å²) in [5.74, 6) is -2.44. The van der Waals surface area contributed by atoms with Crippen LogP contribution in [-0.2, 0) is 30.3 Å². The number of rotatable bonds is 9. The number of anilines is 1. The summed E-state index contributed by atoms with van der Waals surface area (Å²) in [4.78, 5) is 42.4. The highest BCUT2D eigenvalue weighted by atomic mass is 79.9. The number of halogens is 1. The molecule has 0 aromatic heterocycles. The third-order valence-electron chi connectivity index (χ3n) is 7.81. The molecule has 3 saturated heterocycles. The number of esters is 1. The molecule has 1 spiro atoms. The first-order valence-electron chi connectivity index (χ1n) is 12.7. The number of hydrogen-bond acceptors (Lipinski definition) is 7. The van der Waals surface area contributed by atoms with Crippen molar-refractivity contribution in [3.63, 3.8) is 0 Å². The quantitative estimate of drug-likeness (QED) is 0.343. The van der Waals surface area contributed by atoms with Gasteiger partial charge in [0.1, 0.15) is 17.4 Å². The molecule has 2 bridgehead atoms. The number of carbonyl (C=O) groups is 3. The van der Waals surface area contributed by atoms with Crippen molar-refractivity contribution in [2.75, 3.05) is 25.6 Å². The minimum Gasteiger partial charge on any atom is -0.497 e. The van der Waals surface area contributed by atoms with E-state index in [1.807, 2.05) is 30.3 Å². The summed E-state index contributed by atoms with van der Waals surface area (Å²) in [5.41, 5.74) is 0.193. The van der Waals surface area contributed by atoms with Gasteiger partial charge in [0.25, 0.3) is 0 Å². The van der Waals surface area contributed by atoms with Crippen LogP contribution in [0, 0.1) is 11.8 Å². The molecular weight excluding hydrogens is 556 g/mol. The molecule has 38 heavy (non-hydrogen) atoms. The highest BCUT2D eigenvalue weighted by Gasteiger charge is 2.77. The van der Waals surface area contributed by atoms with E-state index in [1.165, 1.54) is 4.90 Å². The Balaban J connectivity index is 1.54. The van der Waals surface area contributed by atoms with E-state index in [9.17, 15) is 19.5 Å². The van der Waals surface area contributed by atoms with Crippen molar-refractivity contribution in [2.24, 2.45) is 11.8 Å². The van der Waals surface area contributed by atoms with Crippen LogP contribution in [0.1, 0.15) is 18.9 Å². The van der Waals surface area contributed by atoms with Crippen molar-refractivity contribution < 1.29 is 33.7 Å². The van der Waals surface area contributed by atoms with Gasteiger partial charge in [-0.3, -0.25) is 14.4 Å². The van der Waals surface area contributed by atoms with Gasteiger partial charge in [0.2, 0.25) is 11.8 Å². The Bertz CT molecular complexity index is 1190. The number of methoxy groups -OCH3 is 1. The summed E-state index contributed by atoms with van der Waals surface area (Å²) < 4.78 is 17.0. The van der Waals surface area contributed by atoms with Gasteiger partial charge in [0.05, 0.1) is 44.3 Å². The monoisotopic (exact) mass is 586 g/mol. The largest absolute Gasteiger partial charge is 0.497 e. The number of aliphatic hydroxyl groups is 1. The standard InChI is InChI=1S/C28H31BrN2O7/c1-3-37-27(35)21-22-26(34)31(18(15-32)13-16-7-5-4-6-8-16)24(28(22)14-20(29)23(21)38-28)25(33)30-17-9-11-19(36-2)12-10-17/h4-12,18,20-24,32H,3,13-15H2,1-2H3,(H,30,33)/t18-,20?,21+,22+,23+,24?,28?/m1/s1. The van der Waals surface area contributed by atoms with E-state index in [2.05, 4.69) is 21.2 Å². The van der Waals surface area contributed by atoms with Crippen molar-refractivity contribution in [1.82, 2.24) is 4.90 Å². The van der Waals surface area contributed by atoms with Gasteiger partial charge < -0.3 is 29.5 Å². The van der Waals surface area contributed by atoms with Crippen molar-refractivity contribution in [3.05, 3.63) is 60.2 Å². The van der Waals surface area contributed by atoms with Crippen LogP contribution in [-0.4, -0.2) is 76.7 Å². The molecule has 2 amide bonds. The number of benzene rings is 2. The van der Waals surface area contributed by atoms with Crippen LogP contribution in [0.3, 0.4) is 0 Å². The molecule has 3 heterocycles. The number of nitrogens with zero attached hydrogens (tertiary/aromatic N) is 1. The molecule has 3 aliphatic heterocycles. The van der Waals surface area contributed by atoms with Gasteiger partial charge in [0, 0.05) is 10.5 Å². The number of fused-ring (bicyclic) bond motifs is 1. The number of amides is 2. The molecule has 5 rings (SSSR count). The lowest BCUT2D eigenvalue weighted by Crippen LogP contribution is -2.57. The Labute approximate surface area is 229 Å². The maximum Gasteiger partial charge on any atom is 0.312 e. The van der Waals surface area contributed by atoms with Crippen molar-refractivity contribution in [3.8, 4) is 5.75 Å². The van der Waals surface area contributed by atoms with Crippen molar-refractivity contribution in [1.29, 1.82) is 0 Å². The molecule has 0 aliphatic carbocycles. The Hall–Kier alpha value is -2.95. The third kappa shape index (κ3) is 4.38. The summed E-state index contributed by atoms with van der Waals surface area (Å²) in [6.07, 6.45) is 0.108. The Kier molecular flexibility index (Phi) is 7.48. The SMILES string of the molecule is CCOC(=O)[C@H]1[C@H]2C(=O)N([C@@H](CO)Cc3ccccc3)C(C(=O)Nc3ccc(OC)cc3)C23CC(Br)[C@@H]1O3. The second kappa shape index (κ2) is 10.7. The minimum atomic E-state index is -1.24. The molecule has 3 aliphatic rings. The van der Waals surface area contributed by atoms with Crippen molar-refractivity contribution >= 4 is 39.4 Å². The molecule has 202 valence electrons. The topological polar surface area (TPSA) is 114 Å². The molecule has 0 radical (unpaired) electrons. The maximum atomic E-state index is 14.2. The van der Waals surface area contributed by atoms with E-state index in [-0.39, 0.29) is 23.9 Å². The number of likely N-dealkylation sites (tertiary alicyclic amines) is 1. The van der Waals surface area contributed by atoms with Gasteiger partial charge in [-0.05, 0) is 49.6 Å². The number of hydrogen-bond donors (Lipinski definition) is 2. The van der Waals surface area contributed by atoms with Gasteiger partial charge in [-0.25, -0.2) is 0 Å². The highest BCUT2D eigenvalue weighted by molar-refractivity contribution is 9.09. The van der Waals surface area contributed by atoms with Crippen LogP contribution in [0.25, 0.3) is 0 Å². The van der Waals surface area contributed by atoms with Crippen LogP contribution in [0.4, 0.5) is 5.69 Å². The summed E-state index contributed by atoms with van der Waals surface area (Å²) in [6.45, 7) is 1.52. The van der Waals surface area contributed by atoms with Crippen LogP contribution >= 0.6 is 15.9 Å². The normalized spacial score (nSPS) is 30.2. The van der Waals surface area contributed by atoms with Gasteiger partial charge >= 0.3 is 5.97 Å². The zero-order valence-corrected chi connectivity index (χ0v) is 22.8. The Morgan fingerprint density at radius 1 is 1.21 bits per heavy atom. The number of nitrogens with one attached hydrogen (secondary N) is 1. The first-order chi connectivity index (χ1) is 18.3. The fraction of sp³-hybridized carbons (Fsp3) is 0.464. The predicted octanol–water partition coefficient (Wildman–Crippen LogP) is 2.55. The van der Waals surface area contributed by atoms with Gasteiger partial charge in [-0.15, -0.1) is 0 Å². The highest BCUT2D eigenvalue weighted by Crippen LogP contribution is 2.60. The summed E-state index contributed by atoms with van der Waals surface area (Å²) in [5, 5.41) is 13.4. The van der Waals surface area contributed by atoms with Crippen LogP contribution < -0.4 is 10.1 Å². The van der Waals surface area contributed by atoms with Gasteiger partial charge in [0.15, 0.2) is 0 Å². The Morgan fingerprint density at radius 3 is 2.55 bits per heavy atom. The van der Waals surface area contributed by atoms with E-state index in [4.69, 9.17) is 14.2 Å². The lowest BCUT2D eigenvalue weighted by atomic mass is 9.70. The minimum absolute atomic E-state index is 0.168. The van der Waals surface area contributed by atoms with E-state index < -0.39 is 47.5 Å². The first-order valence-corrected chi connectivity index (χ1v) is 13.7. The molecule has 0 saturated carbocycles. The molecule has 9 nitrogen and oxygen atoms in total. The van der Waals surface area contributed by atoms with Crippen LogP contribution in [0.2, 0.25) is 0 Å². The number of alkyl halides is 1. The number of aliphatic hydroxyl groups excluding tert-OH is 1. The zero-order chi connectivity index (χ0) is 27.0. The maximum absolute atomic E-state index is 14.2. The second-order valence-corrected chi connectivity index (χ2v) is 11.1. The van der Waals surface area contributed by atoms with Gasteiger partial charge in [-0.2, -0.15) is 0 Å².